The summed E-state index contributed by atoms with van der Waals surface area (Å²) in [6.45, 7) is 15.6. The van der Waals surface area contributed by atoms with Crippen LogP contribution in [-0.2, 0) is 4.74 Å². The highest BCUT2D eigenvalue weighted by Crippen LogP contribution is 2.67. The van der Waals surface area contributed by atoms with Gasteiger partial charge in [0.05, 0.1) is 12.2 Å². The lowest BCUT2D eigenvalue weighted by Gasteiger charge is -2.58. The number of hydrogen-bond donors (Lipinski definition) is 0. The summed E-state index contributed by atoms with van der Waals surface area (Å²) in [5, 5.41) is 0. The highest BCUT2D eigenvalue weighted by atomic mass is 16.5. The zero-order valence-corrected chi connectivity index (χ0v) is 32.7. The Hall–Kier alpha value is -1.77. The summed E-state index contributed by atoms with van der Waals surface area (Å²) in [7, 11) is 0. The average molecular weight is 675 g/mol. The molecule has 0 heterocycles. The molecule has 1 aromatic rings. The van der Waals surface area contributed by atoms with Crippen LogP contribution in [0.25, 0.3) is 0 Å². The minimum atomic E-state index is -0.183. The number of carbonyl (C=O) groups excluding carboxylic acids is 1. The minimum Gasteiger partial charge on any atom is -0.494 e. The van der Waals surface area contributed by atoms with Gasteiger partial charge in [-0.2, -0.15) is 0 Å². The summed E-state index contributed by atoms with van der Waals surface area (Å²) in [5.41, 5.74) is 3.04. The number of unbranched alkanes of at least 4 members (excludes halogenated alkanes) is 9. The van der Waals surface area contributed by atoms with Crippen molar-refractivity contribution in [1.82, 2.24) is 0 Å². The summed E-state index contributed by atoms with van der Waals surface area (Å²) in [4.78, 5) is 13.2. The highest BCUT2D eigenvalue weighted by Gasteiger charge is 2.59. The number of allylic oxidation sites excluding steroid dienone is 1. The van der Waals surface area contributed by atoms with Gasteiger partial charge in [-0.15, -0.1) is 0 Å². The first kappa shape index (κ1) is 38.5. The van der Waals surface area contributed by atoms with Crippen LogP contribution in [0.5, 0.6) is 5.75 Å². The van der Waals surface area contributed by atoms with Gasteiger partial charge in [-0.05, 0) is 122 Å². The molecule has 0 aromatic heterocycles. The molecular formula is C46H74O3. The molecule has 5 rings (SSSR count). The van der Waals surface area contributed by atoms with Crippen LogP contribution < -0.4 is 4.74 Å². The van der Waals surface area contributed by atoms with E-state index in [1.807, 2.05) is 24.3 Å². The second kappa shape index (κ2) is 18.1. The van der Waals surface area contributed by atoms with Crippen LogP contribution in [0.3, 0.4) is 0 Å². The normalized spacial score (nSPS) is 31.4. The van der Waals surface area contributed by atoms with Gasteiger partial charge in [-0.25, -0.2) is 4.79 Å². The molecule has 0 spiro atoms. The molecule has 0 radical (unpaired) electrons. The predicted octanol–water partition coefficient (Wildman–Crippen LogP) is 13.6. The largest absolute Gasteiger partial charge is 0.494 e. The van der Waals surface area contributed by atoms with Gasteiger partial charge in [0.15, 0.2) is 0 Å². The Morgan fingerprint density at radius 1 is 0.796 bits per heavy atom. The molecule has 276 valence electrons. The van der Waals surface area contributed by atoms with E-state index in [2.05, 4.69) is 47.6 Å². The zero-order chi connectivity index (χ0) is 34.9. The van der Waals surface area contributed by atoms with E-state index in [1.165, 1.54) is 109 Å². The molecule has 4 aliphatic rings. The van der Waals surface area contributed by atoms with Gasteiger partial charge in [0.1, 0.15) is 11.9 Å². The van der Waals surface area contributed by atoms with E-state index in [-0.39, 0.29) is 17.5 Å². The second-order valence-corrected chi connectivity index (χ2v) is 18.1. The van der Waals surface area contributed by atoms with E-state index in [0.29, 0.717) is 11.0 Å². The van der Waals surface area contributed by atoms with Crippen LogP contribution >= 0.6 is 0 Å². The lowest BCUT2D eigenvalue weighted by Crippen LogP contribution is -2.51. The van der Waals surface area contributed by atoms with Crippen molar-refractivity contribution in [3.8, 4) is 5.75 Å². The zero-order valence-electron chi connectivity index (χ0n) is 32.7. The van der Waals surface area contributed by atoms with Gasteiger partial charge in [-0.1, -0.05) is 130 Å². The Bertz CT molecular complexity index is 1180. The molecule has 1 aromatic carbocycles. The van der Waals surface area contributed by atoms with Gasteiger partial charge in [-0.3, -0.25) is 0 Å². The van der Waals surface area contributed by atoms with E-state index in [1.54, 1.807) is 5.57 Å². The van der Waals surface area contributed by atoms with Crippen LogP contribution in [0.1, 0.15) is 187 Å². The Labute approximate surface area is 302 Å². The van der Waals surface area contributed by atoms with Crippen molar-refractivity contribution < 1.29 is 14.3 Å². The first-order valence-electron chi connectivity index (χ1n) is 21.3. The van der Waals surface area contributed by atoms with Gasteiger partial charge < -0.3 is 9.47 Å². The Balaban J connectivity index is 1.05. The van der Waals surface area contributed by atoms with Gasteiger partial charge in [0, 0.05) is 6.42 Å². The maximum atomic E-state index is 13.2. The molecule has 3 saturated carbocycles. The van der Waals surface area contributed by atoms with Crippen molar-refractivity contribution in [2.45, 2.75) is 182 Å². The molecule has 0 bridgehead atoms. The van der Waals surface area contributed by atoms with Crippen LogP contribution in [0.4, 0.5) is 0 Å². The summed E-state index contributed by atoms with van der Waals surface area (Å²) in [5.74, 6) is 5.78. The number of hydrogen-bond acceptors (Lipinski definition) is 3. The molecule has 3 heteroatoms. The van der Waals surface area contributed by atoms with Crippen molar-refractivity contribution >= 4 is 5.97 Å². The molecule has 0 aliphatic heterocycles. The first-order valence-corrected chi connectivity index (χ1v) is 21.3. The quantitative estimate of drug-likeness (QED) is 0.0832. The lowest BCUT2D eigenvalue weighted by atomic mass is 9.47. The van der Waals surface area contributed by atoms with Crippen molar-refractivity contribution in [3.63, 3.8) is 0 Å². The standard InChI is InChI=1S/C46H74O3/c1-7-8-9-10-11-12-13-14-15-16-32-48-38-23-20-36(21-24-38)44(47)49-39-28-30-45(5)37(33-39)22-25-40-42-27-26-41(35(4)19-17-18-34(2)3)46(42,6)31-29-43(40)45/h20-24,34-35,39-43H,7-19,25-33H2,1-6H3/t35-,39+,40+,41-,42+,43+,45+,46-/m1/s1. The number of fused-ring (bicyclic) bond motifs is 5. The molecule has 3 fully saturated rings. The average Bonchev–Trinajstić information content (AvgIpc) is 3.45. The third-order valence-corrected chi connectivity index (χ3v) is 14.4. The van der Waals surface area contributed by atoms with Crippen molar-refractivity contribution in [2.75, 3.05) is 6.61 Å². The number of ether oxygens (including phenoxy) is 2. The van der Waals surface area contributed by atoms with E-state index in [9.17, 15) is 4.79 Å². The summed E-state index contributed by atoms with van der Waals surface area (Å²) >= 11 is 0. The smallest absolute Gasteiger partial charge is 0.338 e. The summed E-state index contributed by atoms with van der Waals surface area (Å²) in [6.07, 6.45) is 30.1. The number of benzene rings is 1. The Morgan fingerprint density at radius 2 is 1.49 bits per heavy atom. The van der Waals surface area contributed by atoms with Crippen molar-refractivity contribution in [3.05, 3.63) is 41.5 Å². The molecule has 4 aliphatic carbocycles. The summed E-state index contributed by atoms with van der Waals surface area (Å²) in [6, 6.07) is 7.64. The molecule has 0 amide bonds. The lowest BCUT2D eigenvalue weighted by molar-refractivity contribution is -0.0594. The second-order valence-electron chi connectivity index (χ2n) is 18.1. The third kappa shape index (κ3) is 9.57. The molecule has 0 unspecified atom stereocenters. The SMILES string of the molecule is CCCCCCCCCCCCOc1ccc(C(=O)O[C@H]2CC[C@@]3(C)C(=CC[C@H]4[C@@H]5CC[C@H]([C@H](C)CCCC(C)C)[C@@]5(C)CC[C@@H]43)C2)cc1. The van der Waals surface area contributed by atoms with Crippen LogP contribution in [-0.4, -0.2) is 18.7 Å². The fourth-order valence-corrected chi connectivity index (χ4v) is 11.4. The van der Waals surface area contributed by atoms with Gasteiger partial charge >= 0.3 is 5.97 Å². The van der Waals surface area contributed by atoms with Crippen LogP contribution in [0.2, 0.25) is 0 Å². The van der Waals surface area contributed by atoms with Crippen LogP contribution in [0.15, 0.2) is 35.9 Å². The van der Waals surface area contributed by atoms with Gasteiger partial charge in [0.25, 0.3) is 0 Å². The van der Waals surface area contributed by atoms with E-state index >= 15 is 0 Å². The first-order chi connectivity index (χ1) is 23.7. The fraction of sp³-hybridized carbons (Fsp3) is 0.804. The van der Waals surface area contributed by atoms with E-state index in [0.717, 1.165) is 73.5 Å². The monoisotopic (exact) mass is 675 g/mol. The predicted molar refractivity (Wildman–Crippen MR) is 206 cm³/mol. The van der Waals surface area contributed by atoms with Crippen LogP contribution in [0, 0.1) is 46.3 Å². The molecule has 8 atom stereocenters. The topological polar surface area (TPSA) is 35.5 Å². The molecule has 0 N–H and O–H groups in total. The Morgan fingerprint density at radius 3 is 2.18 bits per heavy atom. The number of rotatable bonds is 19. The van der Waals surface area contributed by atoms with E-state index < -0.39 is 0 Å². The molecule has 49 heavy (non-hydrogen) atoms. The van der Waals surface area contributed by atoms with Crippen molar-refractivity contribution in [1.29, 1.82) is 0 Å². The third-order valence-electron chi connectivity index (χ3n) is 14.4. The maximum absolute atomic E-state index is 13.2. The minimum absolute atomic E-state index is 0.00736. The number of esters is 1. The van der Waals surface area contributed by atoms with Crippen molar-refractivity contribution in [2.24, 2.45) is 46.3 Å². The van der Waals surface area contributed by atoms with E-state index in [4.69, 9.17) is 9.47 Å². The highest BCUT2D eigenvalue weighted by molar-refractivity contribution is 5.89. The van der Waals surface area contributed by atoms with Gasteiger partial charge in [0.2, 0.25) is 0 Å². The fourth-order valence-electron chi connectivity index (χ4n) is 11.4. The number of carbonyl (C=O) groups is 1. The molecule has 3 nitrogen and oxygen atoms in total. The molecule has 0 saturated heterocycles. The Kier molecular flexibility index (Phi) is 14.2. The summed E-state index contributed by atoms with van der Waals surface area (Å²) < 4.78 is 12.2. The molecular weight excluding hydrogens is 601 g/mol. The maximum Gasteiger partial charge on any atom is 0.338 e.